The molecular weight excluding hydrogens is 234 g/mol. The van der Waals surface area contributed by atoms with E-state index in [1.54, 1.807) is 6.07 Å². The van der Waals surface area contributed by atoms with Crippen LogP contribution < -0.4 is 10.1 Å². The normalized spacial score (nSPS) is 9.24. The number of aryl methyl sites for hydroxylation is 2. The molecule has 0 saturated heterocycles. The Hall–Kier alpha value is -1.00. The van der Waals surface area contributed by atoms with Gasteiger partial charge in [-0.2, -0.15) is 0 Å². The largest absolute Gasteiger partial charge is 0.428 e. The van der Waals surface area contributed by atoms with Gasteiger partial charge >= 0.3 is 0 Å². The molecular formula is C13H21NO2S. The highest BCUT2D eigenvalue weighted by Crippen LogP contribution is 2.24. The van der Waals surface area contributed by atoms with Crippen molar-refractivity contribution >= 4 is 19.1 Å². The zero-order chi connectivity index (χ0) is 13.3. The molecule has 0 aliphatic heterocycles. The topological polar surface area (TPSA) is 38.3 Å². The average Bonchev–Trinajstić information content (AvgIpc) is 2.28. The first-order valence-electron chi connectivity index (χ1n) is 5.68. The molecule has 3 nitrogen and oxygen atoms in total. The number of nitrogens with one attached hydrogen (secondary N) is 1. The SMILES string of the molecule is CCNCC.Cc1cc(C)c(OC=O)cc1S. The fraction of sp³-hybridized carbons (Fsp3) is 0.462. The second kappa shape index (κ2) is 9.07. The van der Waals surface area contributed by atoms with E-state index < -0.39 is 0 Å². The molecule has 0 aromatic heterocycles. The van der Waals surface area contributed by atoms with E-state index in [2.05, 4.69) is 31.8 Å². The number of ether oxygens (including phenoxy) is 1. The van der Waals surface area contributed by atoms with Crippen LogP contribution in [0.5, 0.6) is 5.75 Å². The van der Waals surface area contributed by atoms with Gasteiger partial charge in [0.2, 0.25) is 0 Å². The molecule has 0 heterocycles. The summed E-state index contributed by atoms with van der Waals surface area (Å²) >= 11 is 4.21. The third kappa shape index (κ3) is 6.34. The van der Waals surface area contributed by atoms with Crippen molar-refractivity contribution in [1.82, 2.24) is 5.32 Å². The second-order valence-electron chi connectivity index (χ2n) is 3.58. The first-order chi connectivity index (χ1) is 8.06. The molecule has 0 amide bonds. The number of hydrogen-bond acceptors (Lipinski definition) is 4. The highest BCUT2D eigenvalue weighted by Gasteiger charge is 2.02. The first-order valence-corrected chi connectivity index (χ1v) is 6.12. The molecule has 0 radical (unpaired) electrons. The van der Waals surface area contributed by atoms with E-state index in [9.17, 15) is 4.79 Å². The van der Waals surface area contributed by atoms with E-state index >= 15 is 0 Å². The average molecular weight is 255 g/mol. The number of carbonyl (C=O) groups is 1. The third-order valence-electron chi connectivity index (χ3n) is 2.17. The predicted molar refractivity (Wildman–Crippen MR) is 74.1 cm³/mol. The Labute approximate surface area is 109 Å². The number of hydrogen-bond donors (Lipinski definition) is 2. The maximum atomic E-state index is 10.1. The zero-order valence-electron chi connectivity index (χ0n) is 10.9. The smallest absolute Gasteiger partial charge is 0.298 e. The van der Waals surface area contributed by atoms with Crippen molar-refractivity contribution in [2.45, 2.75) is 32.6 Å². The summed E-state index contributed by atoms with van der Waals surface area (Å²) in [6, 6.07) is 3.67. The highest BCUT2D eigenvalue weighted by atomic mass is 32.1. The standard InChI is InChI=1S/C9H10O2S.C4H11N/c1-6-3-7(2)9(12)4-8(6)11-5-10;1-3-5-4-2/h3-5,12H,1-2H3;5H,3-4H2,1-2H3. The number of rotatable bonds is 4. The summed E-state index contributed by atoms with van der Waals surface area (Å²) in [6.45, 7) is 10.7. The quantitative estimate of drug-likeness (QED) is 0.642. The van der Waals surface area contributed by atoms with Gasteiger partial charge in [-0.1, -0.05) is 19.9 Å². The van der Waals surface area contributed by atoms with Gasteiger partial charge in [0.25, 0.3) is 6.47 Å². The van der Waals surface area contributed by atoms with Crippen LogP contribution in [0.15, 0.2) is 17.0 Å². The monoisotopic (exact) mass is 255 g/mol. The van der Waals surface area contributed by atoms with E-state index in [1.165, 1.54) is 0 Å². The number of benzene rings is 1. The van der Waals surface area contributed by atoms with E-state index in [4.69, 9.17) is 4.74 Å². The third-order valence-corrected chi connectivity index (χ3v) is 2.65. The Kier molecular flexibility index (Phi) is 8.54. The van der Waals surface area contributed by atoms with E-state index in [1.807, 2.05) is 19.9 Å². The minimum Gasteiger partial charge on any atom is -0.428 e. The van der Waals surface area contributed by atoms with Crippen LogP contribution in [0.2, 0.25) is 0 Å². The number of thiol groups is 1. The van der Waals surface area contributed by atoms with E-state index in [-0.39, 0.29) is 0 Å². The molecule has 4 heteroatoms. The summed E-state index contributed by atoms with van der Waals surface area (Å²) in [5.41, 5.74) is 2.02. The molecule has 1 rings (SSSR count). The van der Waals surface area contributed by atoms with Crippen LogP contribution in [-0.4, -0.2) is 19.6 Å². The summed E-state index contributed by atoms with van der Waals surface area (Å²) in [5.74, 6) is 0.570. The Morgan fingerprint density at radius 2 is 1.82 bits per heavy atom. The molecule has 0 spiro atoms. The lowest BCUT2D eigenvalue weighted by molar-refractivity contribution is -0.120. The molecule has 0 aliphatic carbocycles. The van der Waals surface area contributed by atoms with Crippen LogP contribution in [0.3, 0.4) is 0 Å². The molecule has 0 fully saturated rings. The zero-order valence-corrected chi connectivity index (χ0v) is 11.8. The predicted octanol–water partition coefficient (Wildman–Crippen LogP) is 2.74. The molecule has 0 unspecified atom stereocenters. The van der Waals surface area contributed by atoms with Gasteiger partial charge in [-0.3, -0.25) is 4.79 Å². The van der Waals surface area contributed by atoms with Crippen molar-refractivity contribution in [1.29, 1.82) is 0 Å². The highest BCUT2D eigenvalue weighted by molar-refractivity contribution is 7.80. The van der Waals surface area contributed by atoms with Crippen molar-refractivity contribution in [2.75, 3.05) is 13.1 Å². The van der Waals surface area contributed by atoms with Crippen LogP contribution in [-0.2, 0) is 4.79 Å². The minimum absolute atomic E-state index is 0.422. The van der Waals surface area contributed by atoms with E-state index in [0.717, 1.165) is 29.1 Å². The molecule has 1 N–H and O–H groups in total. The summed E-state index contributed by atoms with van der Waals surface area (Å²) in [4.78, 5) is 10.9. The molecule has 0 atom stereocenters. The minimum atomic E-state index is 0.422. The summed E-state index contributed by atoms with van der Waals surface area (Å²) < 4.78 is 4.74. The van der Waals surface area contributed by atoms with Gasteiger partial charge in [0, 0.05) is 4.90 Å². The molecule has 17 heavy (non-hydrogen) atoms. The van der Waals surface area contributed by atoms with Crippen LogP contribution in [0, 0.1) is 13.8 Å². The van der Waals surface area contributed by atoms with Crippen LogP contribution >= 0.6 is 12.6 Å². The fourth-order valence-corrected chi connectivity index (χ4v) is 1.43. The van der Waals surface area contributed by atoms with E-state index in [0.29, 0.717) is 12.2 Å². The van der Waals surface area contributed by atoms with Gasteiger partial charge in [-0.15, -0.1) is 12.6 Å². The van der Waals surface area contributed by atoms with Gasteiger partial charge in [-0.25, -0.2) is 0 Å². The maximum absolute atomic E-state index is 10.1. The van der Waals surface area contributed by atoms with Crippen molar-refractivity contribution in [3.05, 3.63) is 23.3 Å². The van der Waals surface area contributed by atoms with Gasteiger partial charge in [0.15, 0.2) is 0 Å². The fourth-order valence-electron chi connectivity index (χ4n) is 1.25. The van der Waals surface area contributed by atoms with Crippen LogP contribution in [0.1, 0.15) is 25.0 Å². The van der Waals surface area contributed by atoms with Crippen LogP contribution in [0.25, 0.3) is 0 Å². The molecule has 0 saturated carbocycles. The van der Waals surface area contributed by atoms with Gasteiger partial charge in [-0.05, 0) is 44.1 Å². The van der Waals surface area contributed by atoms with Crippen molar-refractivity contribution in [3.63, 3.8) is 0 Å². The molecule has 0 bridgehead atoms. The Morgan fingerprint density at radius 3 is 2.24 bits per heavy atom. The maximum Gasteiger partial charge on any atom is 0.298 e. The lowest BCUT2D eigenvalue weighted by Gasteiger charge is -2.05. The van der Waals surface area contributed by atoms with Gasteiger partial charge in [0.1, 0.15) is 5.75 Å². The molecule has 0 aliphatic rings. The summed E-state index contributed by atoms with van der Waals surface area (Å²) in [5, 5.41) is 3.11. The van der Waals surface area contributed by atoms with Crippen molar-refractivity contribution in [2.24, 2.45) is 0 Å². The Bertz CT molecular complexity index is 352. The number of carbonyl (C=O) groups excluding carboxylic acids is 1. The summed E-state index contributed by atoms with van der Waals surface area (Å²) in [7, 11) is 0. The Balaban J connectivity index is 0.000000437. The van der Waals surface area contributed by atoms with Gasteiger partial charge < -0.3 is 10.1 Å². The first kappa shape index (κ1) is 16.0. The second-order valence-corrected chi connectivity index (χ2v) is 4.06. The lowest BCUT2D eigenvalue weighted by Crippen LogP contribution is -2.09. The van der Waals surface area contributed by atoms with Crippen molar-refractivity contribution < 1.29 is 9.53 Å². The van der Waals surface area contributed by atoms with Gasteiger partial charge in [0.05, 0.1) is 0 Å². The molecule has 1 aromatic carbocycles. The Morgan fingerprint density at radius 1 is 1.24 bits per heavy atom. The molecule has 96 valence electrons. The van der Waals surface area contributed by atoms with Crippen LogP contribution in [0.4, 0.5) is 0 Å². The van der Waals surface area contributed by atoms with Crippen molar-refractivity contribution in [3.8, 4) is 5.75 Å². The lowest BCUT2D eigenvalue weighted by atomic mass is 10.1. The molecule has 1 aromatic rings. The summed E-state index contributed by atoms with van der Waals surface area (Å²) in [6.07, 6.45) is 0.